The Balaban J connectivity index is 2.93. The zero-order valence-electron chi connectivity index (χ0n) is 5.72. The van der Waals surface area contributed by atoms with E-state index >= 15 is 0 Å². The third kappa shape index (κ3) is 1.19. The van der Waals surface area contributed by atoms with Gasteiger partial charge in [-0.05, 0) is 17.9 Å². The van der Waals surface area contributed by atoms with Gasteiger partial charge in [-0.15, -0.1) is 11.3 Å². The van der Waals surface area contributed by atoms with Gasteiger partial charge < -0.3 is 10.5 Å². The van der Waals surface area contributed by atoms with Crippen molar-refractivity contribution in [1.29, 1.82) is 5.41 Å². The Kier molecular flexibility index (Phi) is 2.06. The molecule has 0 bridgehead atoms. The van der Waals surface area contributed by atoms with Gasteiger partial charge in [0.15, 0.2) is 5.06 Å². The summed E-state index contributed by atoms with van der Waals surface area (Å²) in [6, 6.07) is 1.77. The number of nitrogens with one attached hydrogen (secondary N) is 1. The van der Waals surface area contributed by atoms with Crippen molar-refractivity contribution in [1.82, 2.24) is 0 Å². The molecule has 0 aliphatic rings. The number of thiophene rings is 1. The van der Waals surface area contributed by atoms with Gasteiger partial charge in [0.2, 0.25) is 0 Å². The Bertz CT molecular complexity index is 242. The van der Waals surface area contributed by atoms with Gasteiger partial charge in [0, 0.05) is 11.3 Å². The fraction of sp³-hybridized carbons (Fsp3) is 0.286. The summed E-state index contributed by atoms with van der Waals surface area (Å²) in [4.78, 5) is 0. The van der Waals surface area contributed by atoms with Crippen LogP contribution in [0.3, 0.4) is 0 Å². The van der Waals surface area contributed by atoms with Crippen LogP contribution in [0.25, 0.3) is 0 Å². The predicted octanol–water partition coefficient (Wildman–Crippen LogP) is 2.23. The minimum atomic E-state index is 0.256. The molecule has 0 aromatic carbocycles. The molecule has 0 amide bonds. The van der Waals surface area contributed by atoms with Crippen LogP contribution >= 0.6 is 11.3 Å². The van der Waals surface area contributed by atoms with Gasteiger partial charge in [-0.2, -0.15) is 0 Å². The van der Waals surface area contributed by atoms with Gasteiger partial charge in [-0.25, -0.2) is 0 Å². The Morgan fingerprint density at radius 2 is 2.50 bits per heavy atom. The summed E-state index contributed by atoms with van der Waals surface area (Å²) in [5.74, 6) is 0. The van der Waals surface area contributed by atoms with E-state index < -0.39 is 0 Å². The topological polar surface area (TPSA) is 44.1 Å². The van der Waals surface area contributed by atoms with Crippen molar-refractivity contribution in [3.63, 3.8) is 0 Å². The van der Waals surface area contributed by atoms with Crippen LogP contribution in [0, 0.1) is 5.41 Å². The summed E-state index contributed by atoms with van der Waals surface area (Å²) < 4.78 is 0. The molecule has 0 radical (unpaired) electrons. The van der Waals surface area contributed by atoms with Gasteiger partial charge in [0.25, 0.3) is 0 Å². The lowest BCUT2D eigenvalue weighted by atomic mass is 10.1. The van der Waals surface area contributed by atoms with Crippen molar-refractivity contribution < 1.29 is 5.11 Å². The highest BCUT2D eigenvalue weighted by Gasteiger charge is 2.04. The molecule has 3 heteroatoms. The molecule has 2 N–H and O–H groups in total. The first-order chi connectivity index (χ1) is 4.75. The summed E-state index contributed by atoms with van der Waals surface area (Å²) in [6.07, 6.45) is 0.671. The van der Waals surface area contributed by atoms with E-state index in [1.54, 1.807) is 11.4 Å². The molecule has 0 aliphatic carbocycles. The molecule has 54 valence electrons. The van der Waals surface area contributed by atoms with Crippen molar-refractivity contribution in [3.05, 3.63) is 17.0 Å². The van der Waals surface area contributed by atoms with Crippen molar-refractivity contribution >= 4 is 17.0 Å². The molecule has 0 unspecified atom stereocenters. The summed E-state index contributed by atoms with van der Waals surface area (Å²) in [6.45, 7) is 1.90. The van der Waals surface area contributed by atoms with E-state index in [1.165, 1.54) is 11.3 Å². The van der Waals surface area contributed by atoms with Crippen LogP contribution in [0.5, 0.6) is 5.06 Å². The maximum atomic E-state index is 9.13. The first-order valence-corrected chi connectivity index (χ1v) is 3.98. The van der Waals surface area contributed by atoms with Crippen LogP contribution in [0.2, 0.25) is 0 Å². The number of hydrogen-bond donors (Lipinski definition) is 2. The minimum absolute atomic E-state index is 0.256. The van der Waals surface area contributed by atoms with E-state index in [1.807, 2.05) is 6.92 Å². The first kappa shape index (κ1) is 7.28. The molecule has 1 rings (SSSR count). The summed E-state index contributed by atoms with van der Waals surface area (Å²) in [5, 5.41) is 18.6. The number of hydrogen-bond acceptors (Lipinski definition) is 3. The van der Waals surface area contributed by atoms with E-state index in [2.05, 4.69) is 0 Å². The van der Waals surface area contributed by atoms with Gasteiger partial charge in [0.05, 0.1) is 0 Å². The smallest absolute Gasteiger partial charge is 0.180 e. The van der Waals surface area contributed by atoms with Crippen LogP contribution < -0.4 is 0 Å². The molecule has 0 aliphatic heterocycles. The van der Waals surface area contributed by atoms with Gasteiger partial charge >= 0.3 is 0 Å². The SMILES string of the molecule is CCC(=N)c1ccsc1O. The monoisotopic (exact) mass is 155 g/mol. The summed E-state index contributed by atoms with van der Waals surface area (Å²) >= 11 is 1.26. The van der Waals surface area contributed by atoms with E-state index in [9.17, 15) is 0 Å². The van der Waals surface area contributed by atoms with Crippen molar-refractivity contribution in [3.8, 4) is 5.06 Å². The second-order valence-electron chi connectivity index (χ2n) is 1.97. The van der Waals surface area contributed by atoms with Crippen LogP contribution in [0.15, 0.2) is 11.4 Å². The molecule has 10 heavy (non-hydrogen) atoms. The summed E-state index contributed by atoms with van der Waals surface area (Å²) in [7, 11) is 0. The Labute approximate surface area is 63.6 Å². The standard InChI is InChI=1S/C7H9NOS/c1-2-6(8)5-3-4-10-7(5)9/h3-4,8-9H,2H2,1H3. The second-order valence-corrected chi connectivity index (χ2v) is 2.87. The summed E-state index contributed by atoms with van der Waals surface area (Å²) in [5.41, 5.74) is 1.17. The van der Waals surface area contributed by atoms with E-state index in [-0.39, 0.29) is 5.06 Å². The largest absolute Gasteiger partial charge is 0.499 e. The van der Waals surface area contributed by atoms with E-state index in [0.717, 1.165) is 0 Å². The average molecular weight is 155 g/mol. The zero-order valence-corrected chi connectivity index (χ0v) is 6.53. The lowest BCUT2D eigenvalue weighted by Gasteiger charge is -1.95. The highest BCUT2D eigenvalue weighted by molar-refractivity contribution is 7.12. The minimum Gasteiger partial charge on any atom is -0.499 e. The van der Waals surface area contributed by atoms with Crippen molar-refractivity contribution in [2.24, 2.45) is 0 Å². The van der Waals surface area contributed by atoms with Crippen LogP contribution in [-0.2, 0) is 0 Å². The lowest BCUT2D eigenvalue weighted by molar-refractivity contribution is 0.489. The molecule has 1 aromatic rings. The quantitative estimate of drug-likeness (QED) is 0.632. The Morgan fingerprint density at radius 3 is 2.90 bits per heavy atom. The highest BCUT2D eigenvalue weighted by Crippen LogP contribution is 2.24. The first-order valence-electron chi connectivity index (χ1n) is 3.10. The molecular weight excluding hydrogens is 146 g/mol. The third-order valence-electron chi connectivity index (χ3n) is 1.32. The molecule has 1 heterocycles. The molecule has 0 atom stereocenters. The third-order valence-corrected chi connectivity index (χ3v) is 2.04. The van der Waals surface area contributed by atoms with E-state index in [0.29, 0.717) is 17.7 Å². The fourth-order valence-electron chi connectivity index (χ4n) is 0.721. The number of rotatable bonds is 2. The van der Waals surface area contributed by atoms with Crippen molar-refractivity contribution in [2.45, 2.75) is 13.3 Å². The molecule has 0 saturated heterocycles. The van der Waals surface area contributed by atoms with E-state index in [4.69, 9.17) is 10.5 Å². The Morgan fingerprint density at radius 1 is 1.80 bits per heavy atom. The number of aromatic hydroxyl groups is 1. The molecule has 0 saturated carbocycles. The fourth-order valence-corrected chi connectivity index (χ4v) is 1.37. The molecule has 0 fully saturated rings. The zero-order chi connectivity index (χ0) is 7.56. The van der Waals surface area contributed by atoms with Crippen LogP contribution in [0.4, 0.5) is 0 Å². The Hall–Kier alpha value is -0.830. The maximum Gasteiger partial charge on any atom is 0.180 e. The normalized spacial score (nSPS) is 9.70. The predicted molar refractivity (Wildman–Crippen MR) is 43.1 cm³/mol. The lowest BCUT2D eigenvalue weighted by Crippen LogP contribution is -1.92. The molecule has 2 nitrogen and oxygen atoms in total. The molecular formula is C7H9NOS. The molecule has 1 aromatic heterocycles. The molecule has 0 spiro atoms. The van der Waals surface area contributed by atoms with Gasteiger partial charge in [-0.1, -0.05) is 6.92 Å². The van der Waals surface area contributed by atoms with Crippen molar-refractivity contribution in [2.75, 3.05) is 0 Å². The maximum absolute atomic E-state index is 9.13. The average Bonchev–Trinajstić information content (AvgIpc) is 2.34. The van der Waals surface area contributed by atoms with Crippen LogP contribution in [-0.4, -0.2) is 10.8 Å². The van der Waals surface area contributed by atoms with Gasteiger partial charge in [0.1, 0.15) is 0 Å². The van der Waals surface area contributed by atoms with Gasteiger partial charge in [-0.3, -0.25) is 0 Å². The van der Waals surface area contributed by atoms with Crippen LogP contribution in [0.1, 0.15) is 18.9 Å². The second kappa shape index (κ2) is 2.84. The highest BCUT2D eigenvalue weighted by atomic mass is 32.1.